The number of imidazole rings is 1. The van der Waals surface area contributed by atoms with Crippen LogP contribution in [-0.2, 0) is 0 Å². The van der Waals surface area contributed by atoms with Gasteiger partial charge in [-0.25, -0.2) is 15.0 Å². The largest absolute Gasteiger partial charge is 0.310 e. The number of anilines is 1. The van der Waals surface area contributed by atoms with Crippen LogP contribution in [0.15, 0.2) is 157 Å². The molecule has 230 valence electrons. The molecule has 6 nitrogen and oxygen atoms in total. The number of aromatic nitrogens is 3. The van der Waals surface area contributed by atoms with Crippen LogP contribution >= 0.6 is 0 Å². The Balaban J connectivity index is 1.27. The molecule has 5 aromatic carbocycles. The number of para-hydroxylation sites is 3. The molecule has 8 rings (SSSR count). The van der Waals surface area contributed by atoms with E-state index in [0.29, 0.717) is 17.6 Å². The van der Waals surface area contributed by atoms with Gasteiger partial charge in [-0.1, -0.05) is 98.6 Å². The van der Waals surface area contributed by atoms with Gasteiger partial charge in [0.2, 0.25) is 5.95 Å². The van der Waals surface area contributed by atoms with Gasteiger partial charge in [0.25, 0.3) is 0 Å². The van der Waals surface area contributed by atoms with Crippen molar-refractivity contribution in [2.24, 2.45) is 9.98 Å². The molecule has 0 radical (unpaired) electrons. The highest BCUT2D eigenvalue weighted by molar-refractivity contribution is 6.03. The molecular weight excluding hydrogens is 589 g/mol. The molecule has 0 saturated heterocycles. The van der Waals surface area contributed by atoms with Gasteiger partial charge in [-0.05, 0) is 78.9 Å². The van der Waals surface area contributed by atoms with Gasteiger partial charge < -0.3 is 4.57 Å². The molecule has 1 aliphatic heterocycles. The Morgan fingerprint density at radius 3 is 2.21 bits per heavy atom. The van der Waals surface area contributed by atoms with E-state index in [1.165, 1.54) is 10.9 Å². The van der Waals surface area contributed by atoms with Crippen molar-refractivity contribution in [3.8, 4) is 22.5 Å². The molecule has 6 heteroatoms. The van der Waals surface area contributed by atoms with E-state index in [4.69, 9.17) is 9.98 Å². The lowest BCUT2D eigenvalue weighted by Gasteiger charge is -2.32. The molecule has 7 aromatic rings. The van der Waals surface area contributed by atoms with Crippen LogP contribution in [0.5, 0.6) is 0 Å². The third kappa shape index (κ3) is 4.46. The monoisotopic (exact) mass is 620 g/mol. The normalized spacial score (nSPS) is 12.6. The van der Waals surface area contributed by atoms with Crippen LogP contribution in [0.4, 0.5) is 5.95 Å². The molecule has 1 aliphatic rings. The van der Waals surface area contributed by atoms with Gasteiger partial charge in [0.05, 0.1) is 27.9 Å². The number of nitrogens with zero attached hydrogens (tertiary/aromatic N) is 6. The minimum Gasteiger partial charge on any atom is -0.310 e. The zero-order valence-electron chi connectivity index (χ0n) is 26.6. The second-order valence-electron chi connectivity index (χ2n) is 11.7. The second kappa shape index (κ2) is 11.4. The summed E-state index contributed by atoms with van der Waals surface area (Å²) < 4.78 is 4.44. The number of benzene rings is 5. The third-order valence-corrected chi connectivity index (χ3v) is 9.05. The highest BCUT2D eigenvalue weighted by atomic mass is 15.4. The summed E-state index contributed by atoms with van der Waals surface area (Å²) in [7, 11) is 0. The minimum absolute atomic E-state index is 0.444. The predicted molar refractivity (Wildman–Crippen MR) is 201 cm³/mol. The van der Waals surface area contributed by atoms with Crippen LogP contribution in [0.3, 0.4) is 0 Å². The first kappa shape index (κ1) is 28.9. The molecule has 0 fully saturated rings. The molecule has 0 spiro atoms. The Labute approximate surface area is 279 Å². The number of aliphatic imine (C=N–C) groups is 2. The molecular formula is C42H32N6. The summed E-state index contributed by atoms with van der Waals surface area (Å²) in [6.45, 7) is 18.9. The lowest BCUT2D eigenvalue weighted by Crippen LogP contribution is -2.27. The maximum absolute atomic E-state index is 5.06. The van der Waals surface area contributed by atoms with Gasteiger partial charge >= 0.3 is 0 Å². The van der Waals surface area contributed by atoms with E-state index in [-0.39, 0.29) is 0 Å². The summed E-state index contributed by atoms with van der Waals surface area (Å²) >= 11 is 0. The summed E-state index contributed by atoms with van der Waals surface area (Å²) in [4.78, 5) is 16.0. The molecule has 3 heterocycles. The topological polar surface area (TPSA) is 50.7 Å². The minimum atomic E-state index is 0.444. The molecule has 0 atom stereocenters. The number of fused-ring (bicyclic) bond motifs is 6. The van der Waals surface area contributed by atoms with Gasteiger partial charge in [0.15, 0.2) is 5.84 Å². The smallest absolute Gasteiger partial charge is 0.221 e. The molecule has 0 amide bonds. The van der Waals surface area contributed by atoms with Crippen LogP contribution in [0.1, 0.15) is 22.4 Å². The van der Waals surface area contributed by atoms with Gasteiger partial charge in [-0.3, -0.25) is 9.47 Å². The van der Waals surface area contributed by atoms with Crippen molar-refractivity contribution >= 4 is 52.2 Å². The Morgan fingerprint density at radius 2 is 1.46 bits per heavy atom. The van der Waals surface area contributed by atoms with Crippen molar-refractivity contribution in [3.63, 3.8) is 0 Å². The third-order valence-electron chi connectivity index (χ3n) is 9.05. The van der Waals surface area contributed by atoms with E-state index in [9.17, 15) is 0 Å². The summed E-state index contributed by atoms with van der Waals surface area (Å²) in [6, 6.07) is 41.5. The van der Waals surface area contributed by atoms with E-state index in [0.717, 1.165) is 61.6 Å². The van der Waals surface area contributed by atoms with Crippen LogP contribution in [-0.4, -0.2) is 26.7 Å². The number of hydrogen-bond acceptors (Lipinski definition) is 3. The fourth-order valence-corrected chi connectivity index (χ4v) is 6.75. The Bertz CT molecular complexity index is 2480. The molecule has 2 aromatic heterocycles. The number of amidine groups is 1. The number of aryl methyl sites for hydroxylation is 1. The molecule has 0 aliphatic carbocycles. The number of hydrogen-bond donors (Lipinski definition) is 0. The van der Waals surface area contributed by atoms with E-state index in [1.807, 2.05) is 65.6 Å². The lowest BCUT2D eigenvalue weighted by molar-refractivity contribution is 0.962. The van der Waals surface area contributed by atoms with E-state index in [2.05, 4.69) is 114 Å². The summed E-state index contributed by atoms with van der Waals surface area (Å²) in [5.74, 6) is 1.58. The summed E-state index contributed by atoms with van der Waals surface area (Å²) in [5, 5.41) is 1.19. The first-order valence-electron chi connectivity index (χ1n) is 15.7. The highest BCUT2D eigenvalue weighted by Gasteiger charge is 2.31. The predicted octanol–water partition coefficient (Wildman–Crippen LogP) is 10.00. The van der Waals surface area contributed by atoms with Crippen molar-refractivity contribution in [3.05, 3.63) is 169 Å². The summed E-state index contributed by atoms with van der Waals surface area (Å²) in [5.41, 5.74) is 12.1. The van der Waals surface area contributed by atoms with E-state index < -0.39 is 0 Å². The zero-order chi connectivity index (χ0) is 32.9. The first-order chi connectivity index (χ1) is 23.5. The van der Waals surface area contributed by atoms with Gasteiger partial charge in [-0.15, -0.1) is 0 Å². The average Bonchev–Trinajstić information content (AvgIpc) is 3.65. The van der Waals surface area contributed by atoms with Crippen molar-refractivity contribution in [2.75, 3.05) is 4.90 Å². The van der Waals surface area contributed by atoms with Crippen molar-refractivity contribution in [2.45, 2.75) is 6.92 Å². The average molecular weight is 621 g/mol. The van der Waals surface area contributed by atoms with Gasteiger partial charge in [-0.2, -0.15) is 0 Å². The maximum Gasteiger partial charge on any atom is 0.221 e. The van der Waals surface area contributed by atoms with E-state index >= 15 is 0 Å². The van der Waals surface area contributed by atoms with Crippen molar-refractivity contribution < 1.29 is 0 Å². The van der Waals surface area contributed by atoms with Crippen LogP contribution in [0.2, 0.25) is 0 Å². The molecule has 48 heavy (non-hydrogen) atoms. The quantitative estimate of drug-likeness (QED) is 0.137. The molecule has 0 N–H and O–H groups in total. The van der Waals surface area contributed by atoms with Crippen molar-refractivity contribution in [1.29, 1.82) is 0 Å². The SMILES string of the molecule is C=Cc1c(C)c2cc(-c3ccc4c(c3)-n3c(nc5ccccc53)N(C(=C)N=C(N=C)c3ccccc3)C4=C)ccc2n1-c1ccccc1. The first-order valence-corrected chi connectivity index (χ1v) is 15.7. The molecule has 0 bridgehead atoms. The van der Waals surface area contributed by atoms with Crippen LogP contribution < -0.4 is 4.90 Å². The zero-order valence-corrected chi connectivity index (χ0v) is 26.6. The fraction of sp³-hybridized carbons (Fsp3) is 0.0238. The Hall–Kier alpha value is -6.53. The van der Waals surface area contributed by atoms with Gasteiger partial charge in [0, 0.05) is 27.9 Å². The van der Waals surface area contributed by atoms with Crippen molar-refractivity contribution in [1.82, 2.24) is 14.1 Å². The highest BCUT2D eigenvalue weighted by Crippen LogP contribution is 2.43. The Kier molecular flexibility index (Phi) is 6.85. The van der Waals surface area contributed by atoms with E-state index in [1.54, 1.807) is 0 Å². The molecule has 0 saturated carbocycles. The molecule has 0 unspecified atom stereocenters. The van der Waals surface area contributed by atoms with Crippen LogP contribution in [0, 0.1) is 6.92 Å². The maximum atomic E-state index is 5.06. The lowest BCUT2D eigenvalue weighted by atomic mass is 9.98. The fourth-order valence-electron chi connectivity index (χ4n) is 6.75. The van der Waals surface area contributed by atoms with Crippen LogP contribution in [0.25, 0.3) is 56.2 Å². The standard InChI is InChI=1S/C42H32N6/c1-6-37-27(2)35-25-31(22-24-38(35)47(37)33-17-11-8-12-18-33)32-21-23-34-28(3)46(29(4)44-41(43-5)30-15-9-7-10-16-30)42-45-36-19-13-14-20-39(36)48(42)40(34)26-32/h6-26H,1,3-5H2,2H3. The Morgan fingerprint density at radius 1 is 0.771 bits per heavy atom. The summed E-state index contributed by atoms with van der Waals surface area (Å²) in [6.07, 6.45) is 1.94. The van der Waals surface area contributed by atoms with Gasteiger partial charge in [0.1, 0.15) is 5.82 Å². The second-order valence-corrected chi connectivity index (χ2v) is 11.7. The number of rotatable bonds is 6.